The van der Waals surface area contributed by atoms with Crippen molar-refractivity contribution in [2.45, 2.75) is 38.4 Å². The fourth-order valence-electron chi connectivity index (χ4n) is 1.77. The first-order chi connectivity index (χ1) is 10.4. The maximum atomic E-state index is 12.0. The lowest BCUT2D eigenvalue weighted by Gasteiger charge is -2.21. The fourth-order valence-corrected chi connectivity index (χ4v) is 2.49. The number of hydrogen-bond acceptors (Lipinski definition) is 7. The van der Waals surface area contributed by atoms with Gasteiger partial charge < -0.3 is 15.8 Å². The van der Waals surface area contributed by atoms with E-state index in [9.17, 15) is 9.59 Å². The second kappa shape index (κ2) is 8.57. The molecule has 1 rings (SSSR count). The van der Waals surface area contributed by atoms with Crippen LogP contribution in [0, 0.1) is 12.8 Å². The molecule has 122 valence electrons. The lowest BCUT2D eigenvalue weighted by molar-refractivity contribution is -0.146. The summed E-state index contributed by atoms with van der Waals surface area (Å²) in [6, 6.07) is 1.01. The number of nitrogens with one attached hydrogen (secondary N) is 1. The normalized spacial score (nSPS) is 13.3. The summed E-state index contributed by atoms with van der Waals surface area (Å²) in [6.45, 7) is 5.64. The Morgan fingerprint density at radius 2 is 2.14 bits per heavy atom. The molecule has 1 aromatic rings. The molecule has 1 aromatic heterocycles. The first kappa shape index (κ1) is 18.2. The van der Waals surface area contributed by atoms with Crippen LogP contribution < -0.4 is 11.1 Å². The zero-order valence-electron chi connectivity index (χ0n) is 13.3. The van der Waals surface area contributed by atoms with Gasteiger partial charge in [0.1, 0.15) is 11.9 Å². The summed E-state index contributed by atoms with van der Waals surface area (Å²) >= 11 is 1.17. The summed E-state index contributed by atoms with van der Waals surface area (Å²) in [5.41, 5.74) is 6.37. The van der Waals surface area contributed by atoms with Crippen molar-refractivity contribution >= 4 is 29.5 Å². The lowest BCUT2D eigenvalue weighted by atomic mass is 9.99. The predicted molar refractivity (Wildman–Crippen MR) is 85.3 cm³/mol. The standard InChI is InChI=1S/C14H22N4O3S/c1-5-8(2)12(13(20)21-4)18-11(19)7-22-14-16-9(3)6-10(15)17-14/h6,8,12H,5,7H2,1-4H3,(H,18,19)(H2,15,16,17). The van der Waals surface area contributed by atoms with Crippen molar-refractivity contribution in [3.63, 3.8) is 0 Å². The molecule has 2 unspecified atom stereocenters. The predicted octanol–water partition coefficient (Wildman–Crippen LogP) is 1.16. The molecule has 0 aliphatic rings. The van der Waals surface area contributed by atoms with Crippen molar-refractivity contribution < 1.29 is 14.3 Å². The van der Waals surface area contributed by atoms with Gasteiger partial charge in [-0.1, -0.05) is 32.0 Å². The smallest absolute Gasteiger partial charge is 0.328 e. The van der Waals surface area contributed by atoms with Gasteiger partial charge in [0.25, 0.3) is 0 Å². The van der Waals surface area contributed by atoms with Gasteiger partial charge in [-0.3, -0.25) is 4.79 Å². The van der Waals surface area contributed by atoms with Gasteiger partial charge in [-0.2, -0.15) is 0 Å². The molecule has 0 saturated carbocycles. The van der Waals surface area contributed by atoms with Crippen LogP contribution >= 0.6 is 11.8 Å². The monoisotopic (exact) mass is 326 g/mol. The van der Waals surface area contributed by atoms with E-state index >= 15 is 0 Å². The summed E-state index contributed by atoms with van der Waals surface area (Å²) in [5.74, 6) is -0.254. The van der Waals surface area contributed by atoms with Gasteiger partial charge in [-0.25, -0.2) is 14.8 Å². The van der Waals surface area contributed by atoms with E-state index in [1.54, 1.807) is 13.0 Å². The first-order valence-electron chi connectivity index (χ1n) is 6.98. The second-order valence-corrected chi connectivity index (χ2v) is 5.90. The van der Waals surface area contributed by atoms with E-state index < -0.39 is 12.0 Å². The molecule has 0 spiro atoms. The number of thioether (sulfide) groups is 1. The molecule has 0 bridgehead atoms. The minimum atomic E-state index is -0.647. The number of hydrogen-bond donors (Lipinski definition) is 2. The van der Waals surface area contributed by atoms with E-state index in [0.717, 1.165) is 12.1 Å². The summed E-state index contributed by atoms with van der Waals surface area (Å²) < 4.78 is 4.73. The molecular weight excluding hydrogens is 304 g/mol. The van der Waals surface area contributed by atoms with E-state index in [1.807, 2.05) is 13.8 Å². The Hall–Kier alpha value is -1.83. The van der Waals surface area contributed by atoms with Crippen molar-refractivity contribution in [1.82, 2.24) is 15.3 Å². The fraction of sp³-hybridized carbons (Fsp3) is 0.571. The van der Waals surface area contributed by atoms with Crippen LogP contribution in [0.1, 0.15) is 26.0 Å². The number of amides is 1. The van der Waals surface area contributed by atoms with Crippen LogP contribution in [-0.4, -0.2) is 40.7 Å². The van der Waals surface area contributed by atoms with E-state index in [4.69, 9.17) is 10.5 Å². The van der Waals surface area contributed by atoms with Crippen molar-refractivity contribution in [2.24, 2.45) is 5.92 Å². The van der Waals surface area contributed by atoms with Gasteiger partial charge in [-0.15, -0.1) is 0 Å². The molecular formula is C14H22N4O3S. The van der Waals surface area contributed by atoms with Gasteiger partial charge in [0.2, 0.25) is 5.91 Å². The third-order valence-electron chi connectivity index (χ3n) is 3.17. The molecule has 0 saturated heterocycles. The second-order valence-electron chi connectivity index (χ2n) is 4.96. The molecule has 0 fully saturated rings. The number of anilines is 1. The number of nitrogens with zero attached hydrogens (tertiary/aromatic N) is 2. The Labute approximate surface area is 134 Å². The Bertz CT molecular complexity index is 519. The number of esters is 1. The van der Waals surface area contributed by atoms with Gasteiger partial charge in [0, 0.05) is 11.8 Å². The molecule has 0 aliphatic heterocycles. The number of rotatable bonds is 7. The van der Waals surface area contributed by atoms with Crippen molar-refractivity contribution in [1.29, 1.82) is 0 Å². The summed E-state index contributed by atoms with van der Waals surface area (Å²) in [5, 5.41) is 3.13. The van der Waals surface area contributed by atoms with Crippen LogP contribution in [0.25, 0.3) is 0 Å². The van der Waals surface area contributed by atoms with Crippen LogP contribution in [0.2, 0.25) is 0 Å². The highest BCUT2D eigenvalue weighted by molar-refractivity contribution is 7.99. The number of methoxy groups -OCH3 is 1. The zero-order valence-corrected chi connectivity index (χ0v) is 14.1. The van der Waals surface area contributed by atoms with E-state index in [2.05, 4.69) is 15.3 Å². The largest absolute Gasteiger partial charge is 0.467 e. The first-order valence-corrected chi connectivity index (χ1v) is 7.97. The number of carbonyl (C=O) groups is 2. The molecule has 7 nitrogen and oxygen atoms in total. The van der Waals surface area contributed by atoms with Crippen LogP contribution in [0.3, 0.4) is 0 Å². The Morgan fingerprint density at radius 1 is 1.45 bits per heavy atom. The average Bonchev–Trinajstić information content (AvgIpc) is 2.48. The maximum absolute atomic E-state index is 12.0. The van der Waals surface area contributed by atoms with Gasteiger partial charge in [0.05, 0.1) is 12.9 Å². The molecule has 1 heterocycles. The third kappa shape index (κ3) is 5.51. The lowest BCUT2D eigenvalue weighted by Crippen LogP contribution is -2.46. The molecule has 2 atom stereocenters. The molecule has 22 heavy (non-hydrogen) atoms. The number of carbonyl (C=O) groups excluding carboxylic acids is 2. The van der Waals surface area contributed by atoms with Crippen LogP contribution in [0.15, 0.2) is 11.2 Å². The van der Waals surface area contributed by atoms with Gasteiger partial charge in [0.15, 0.2) is 5.16 Å². The molecule has 0 aromatic carbocycles. The quantitative estimate of drug-likeness (QED) is 0.440. The van der Waals surface area contributed by atoms with E-state index in [-0.39, 0.29) is 17.6 Å². The molecule has 8 heteroatoms. The Morgan fingerprint density at radius 3 is 2.68 bits per heavy atom. The maximum Gasteiger partial charge on any atom is 0.328 e. The van der Waals surface area contributed by atoms with Crippen molar-refractivity contribution in [2.75, 3.05) is 18.6 Å². The van der Waals surface area contributed by atoms with Gasteiger partial charge in [-0.05, 0) is 12.8 Å². The van der Waals surface area contributed by atoms with Crippen LogP contribution in [0.4, 0.5) is 5.82 Å². The zero-order chi connectivity index (χ0) is 16.7. The van der Waals surface area contributed by atoms with Crippen molar-refractivity contribution in [3.8, 4) is 0 Å². The number of nitrogen functional groups attached to an aromatic ring is 1. The number of aryl methyl sites for hydroxylation is 1. The molecule has 0 radical (unpaired) electrons. The molecule has 1 amide bonds. The number of ether oxygens (including phenoxy) is 1. The Balaban J connectivity index is 2.62. The number of aromatic nitrogens is 2. The SMILES string of the molecule is CCC(C)C(NC(=O)CSc1nc(C)cc(N)n1)C(=O)OC. The topological polar surface area (TPSA) is 107 Å². The number of nitrogens with two attached hydrogens (primary N) is 1. The summed E-state index contributed by atoms with van der Waals surface area (Å²) in [7, 11) is 1.31. The summed E-state index contributed by atoms with van der Waals surface area (Å²) in [4.78, 5) is 32.0. The average molecular weight is 326 g/mol. The minimum Gasteiger partial charge on any atom is -0.467 e. The molecule has 3 N–H and O–H groups in total. The van der Waals surface area contributed by atoms with E-state index in [1.165, 1.54) is 18.9 Å². The summed E-state index contributed by atoms with van der Waals surface area (Å²) in [6.07, 6.45) is 0.755. The van der Waals surface area contributed by atoms with Crippen molar-refractivity contribution in [3.05, 3.63) is 11.8 Å². The van der Waals surface area contributed by atoms with Crippen LogP contribution in [-0.2, 0) is 14.3 Å². The van der Waals surface area contributed by atoms with Gasteiger partial charge >= 0.3 is 5.97 Å². The minimum absolute atomic E-state index is 0.00716. The highest BCUT2D eigenvalue weighted by Crippen LogP contribution is 2.15. The highest BCUT2D eigenvalue weighted by atomic mass is 32.2. The Kier molecular flexibility index (Phi) is 7.10. The highest BCUT2D eigenvalue weighted by Gasteiger charge is 2.26. The van der Waals surface area contributed by atoms with E-state index in [0.29, 0.717) is 11.0 Å². The third-order valence-corrected chi connectivity index (χ3v) is 4.02. The molecule has 0 aliphatic carbocycles. The van der Waals surface area contributed by atoms with Crippen LogP contribution in [0.5, 0.6) is 0 Å².